The molecule has 0 spiro atoms. The van der Waals surface area contributed by atoms with Crippen LogP contribution in [0.1, 0.15) is 5.69 Å². The largest absolute Gasteiger partial charge is 0.237 e. The molecule has 0 atom stereocenters. The lowest BCUT2D eigenvalue weighted by Crippen LogP contribution is -1.90. The molecule has 0 saturated heterocycles. The number of aromatic nitrogens is 2. The third kappa shape index (κ3) is 1.61. The summed E-state index contributed by atoms with van der Waals surface area (Å²) in [7, 11) is 0. The zero-order chi connectivity index (χ0) is 9.97. The SMILES string of the molecule is C=CCc1ccc2c(Cl)ccnc2n1. The number of pyridine rings is 2. The van der Waals surface area contributed by atoms with Gasteiger partial charge in [0.1, 0.15) is 0 Å². The van der Waals surface area contributed by atoms with E-state index in [4.69, 9.17) is 11.6 Å². The predicted octanol–water partition coefficient (Wildman–Crippen LogP) is 3.01. The molecule has 2 nitrogen and oxygen atoms in total. The molecule has 0 aliphatic carbocycles. The van der Waals surface area contributed by atoms with E-state index < -0.39 is 0 Å². The van der Waals surface area contributed by atoms with E-state index in [0.29, 0.717) is 10.7 Å². The van der Waals surface area contributed by atoms with Crippen molar-refractivity contribution in [3.8, 4) is 0 Å². The number of hydrogen-bond acceptors (Lipinski definition) is 2. The molecule has 0 N–H and O–H groups in total. The summed E-state index contributed by atoms with van der Waals surface area (Å²) in [6.07, 6.45) is 4.23. The fraction of sp³-hybridized carbons (Fsp3) is 0.0909. The molecule has 0 bridgehead atoms. The molecule has 0 aliphatic heterocycles. The van der Waals surface area contributed by atoms with Crippen LogP contribution in [0.3, 0.4) is 0 Å². The van der Waals surface area contributed by atoms with Crippen LogP contribution in [-0.2, 0) is 6.42 Å². The first-order valence-electron chi connectivity index (χ1n) is 4.32. The van der Waals surface area contributed by atoms with Crippen molar-refractivity contribution in [1.82, 2.24) is 9.97 Å². The second-order valence-corrected chi connectivity index (χ2v) is 3.37. The second-order valence-electron chi connectivity index (χ2n) is 2.96. The Kier molecular flexibility index (Phi) is 2.46. The average Bonchev–Trinajstić information content (AvgIpc) is 2.18. The number of hydrogen-bond donors (Lipinski definition) is 0. The Labute approximate surface area is 87.3 Å². The summed E-state index contributed by atoms with van der Waals surface area (Å²) in [4.78, 5) is 8.51. The number of rotatable bonds is 2. The number of nitrogens with zero attached hydrogens (tertiary/aromatic N) is 2. The molecule has 0 aromatic carbocycles. The first-order valence-corrected chi connectivity index (χ1v) is 4.70. The van der Waals surface area contributed by atoms with Crippen LogP contribution in [0.5, 0.6) is 0 Å². The highest BCUT2D eigenvalue weighted by Crippen LogP contribution is 2.19. The molecule has 70 valence electrons. The number of halogens is 1. The van der Waals surface area contributed by atoms with E-state index in [1.165, 1.54) is 0 Å². The van der Waals surface area contributed by atoms with Gasteiger partial charge in [-0.15, -0.1) is 6.58 Å². The first-order chi connectivity index (χ1) is 6.81. The van der Waals surface area contributed by atoms with Crippen LogP contribution in [0.4, 0.5) is 0 Å². The van der Waals surface area contributed by atoms with Crippen LogP contribution < -0.4 is 0 Å². The Morgan fingerprint density at radius 2 is 2.21 bits per heavy atom. The van der Waals surface area contributed by atoms with Crippen molar-refractivity contribution >= 4 is 22.6 Å². The van der Waals surface area contributed by atoms with E-state index in [1.807, 2.05) is 18.2 Å². The molecule has 0 fully saturated rings. The number of allylic oxidation sites excluding steroid dienone is 1. The zero-order valence-electron chi connectivity index (χ0n) is 7.57. The van der Waals surface area contributed by atoms with E-state index in [2.05, 4.69) is 16.5 Å². The molecule has 2 aromatic rings. The summed E-state index contributed by atoms with van der Waals surface area (Å²) in [6.45, 7) is 3.67. The summed E-state index contributed by atoms with van der Waals surface area (Å²) in [5.41, 5.74) is 1.65. The monoisotopic (exact) mass is 204 g/mol. The second kappa shape index (κ2) is 3.76. The molecule has 0 radical (unpaired) electrons. The Hall–Kier alpha value is -1.41. The van der Waals surface area contributed by atoms with Crippen molar-refractivity contribution in [2.45, 2.75) is 6.42 Å². The normalized spacial score (nSPS) is 10.4. The summed E-state index contributed by atoms with van der Waals surface area (Å²) >= 11 is 5.99. The lowest BCUT2D eigenvalue weighted by atomic mass is 10.2. The van der Waals surface area contributed by atoms with Gasteiger partial charge in [-0.2, -0.15) is 0 Å². The molecular weight excluding hydrogens is 196 g/mol. The van der Waals surface area contributed by atoms with E-state index in [-0.39, 0.29) is 0 Å². The van der Waals surface area contributed by atoms with Crippen LogP contribution in [0.25, 0.3) is 11.0 Å². The highest BCUT2D eigenvalue weighted by atomic mass is 35.5. The van der Waals surface area contributed by atoms with Crippen molar-refractivity contribution in [3.05, 3.63) is 47.8 Å². The fourth-order valence-corrected chi connectivity index (χ4v) is 1.50. The summed E-state index contributed by atoms with van der Waals surface area (Å²) in [6, 6.07) is 5.65. The maximum Gasteiger partial charge on any atom is 0.160 e. The highest BCUT2D eigenvalue weighted by molar-refractivity contribution is 6.35. The van der Waals surface area contributed by atoms with Gasteiger partial charge in [0.25, 0.3) is 0 Å². The maximum atomic E-state index is 5.99. The van der Waals surface area contributed by atoms with E-state index in [9.17, 15) is 0 Å². The molecule has 0 aliphatic rings. The fourth-order valence-electron chi connectivity index (χ4n) is 1.30. The smallest absolute Gasteiger partial charge is 0.160 e. The Morgan fingerprint density at radius 1 is 1.36 bits per heavy atom. The summed E-state index contributed by atoms with van der Waals surface area (Å²) < 4.78 is 0. The molecule has 0 amide bonds. The quantitative estimate of drug-likeness (QED) is 0.703. The molecule has 0 unspecified atom stereocenters. The van der Waals surface area contributed by atoms with Gasteiger partial charge < -0.3 is 0 Å². The van der Waals surface area contributed by atoms with Crippen LogP contribution in [-0.4, -0.2) is 9.97 Å². The van der Waals surface area contributed by atoms with Gasteiger partial charge in [0.2, 0.25) is 0 Å². The minimum Gasteiger partial charge on any atom is -0.237 e. The average molecular weight is 205 g/mol. The molecule has 0 saturated carbocycles. The lowest BCUT2D eigenvalue weighted by Gasteiger charge is -2.00. The Morgan fingerprint density at radius 3 is 3.00 bits per heavy atom. The van der Waals surface area contributed by atoms with E-state index in [0.717, 1.165) is 17.5 Å². The summed E-state index contributed by atoms with van der Waals surface area (Å²) in [5, 5.41) is 1.58. The summed E-state index contributed by atoms with van der Waals surface area (Å²) in [5.74, 6) is 0. The van der Waals surface area contributed by atoms with Crippen molar-refractivity contribution in [3.63, 3.8) is 0 Å². The third-order valence-electron chi connectivity index (χ3n) is 1.96. The van der Waals surface area contributed by atoms with Crippen LogP contribution >= 0.6 is 11.6 Å². The Bertz CT molecular complexity index is 480. The van der Waals surface area contributed by atoms with Crippen molar-refractivity contribution in [1.29, 1.82) is 0 Å². The third-order valence-corrected chi connectivity index (χ3v) is 2.29. The topological polar surface area (TPSA) is 25.8 Å². The molecule has 14 heavy (non-hydrogen) atoms. The van der Waals surface area contributed by atoms with Gasteiger partial charge in [-0.1, -0.05) is 17.7 Å². The zero-order valence-corrected chi connectivity index (χ0v) is 8.33. The van der Waals surface area contributed by atoms with Crippen LogP contribution in [0.15, 0.2) is 37.1 Å². The van der Waals surface area contributed by atoms with Gasteiger partial charge in [-0.3, -0.25) is 0 Å². The van der Waals surface area contributed by atoms with Gasteiger partial charge in [-0.05, 0) is 18.2 Å². The number of fused-ring (bicyclic) bond motifs is 1. The minimum absolute atomic E-state index is 0.688. The van der Waals surface area contributed by atoms with Crippen LogP contribution in [0.2, 0.25) is 5.02 Å². The predicted molar refractivity (Wildman–Crippen MR) is 58.4 cm³/mol. The van der Waals surface area contributed by atoms with Crippen molar-refractivity contribution in [2.75, 3.05) is 0 Å². The van der Waals surface area contributed by atoms with Gasteiger partial charge in [-0.25, -0.2) is 9.97 Å². The molecule has 2 aromatic heterocycles. The standard InChI is InChI=1S/C11H9ClN2/c1-2-3-8-4-5-9-10(12)6-7-13-11(9)14-8/h2,4-7H,1,3H2. The van der Waals surface area contributed by atoms with E-state index in [1.54, 1.807) is 12.3 Å². The van der Waals surface area contributed by atoms with Gasteiger partial charge in [0.15, 0.2) is 5.65 Å². The molecule has 2 rings (SSSR count). The van der Waals surface area contributed by atoms with Crippen molar-refractivity contribution < 1.29 is 0 Å². The molecule has 3 heteroatoms. The molecule has 2 heterocycles. The highest BCUT2D eigenvalue weighted by Gasteiger charge is 2.01. The lowest BCUT2D eigenvalue weighted by molar-refractivity contribution is 1.12. The molecular formula is C11H9ClN2. The van der Waals surface area contributed by atoms with Gasteiger partial charge in [0.05, 0.1) is 5.02 Å². The van der Waals surface area contributed by atoms with Crippen molar-refractivity contribution in [2.24, 2.45) is 0 Å². The Balaban J connectivity index is 2.61. The maximum absolute atomic E-state index is 5.99. The van der Waals surface area contributed by atoms with E-state index >= 15 is 0 Å². The van der Waals surface area contributed by atoms with Gasteiger partial charge in [0, 0.05) is 23.7 Å². The van der Waals surface area contributed by atoms with Gasteiger partial charge >= 0.3 is 0 Å². The van der Waals surface area contributed by atoms with Crippen LogP contribution in [0, 0.1) is 0 Å². The first kappa shape index (κ1) is 9.16. The minimum atomic E-state index is 0.688.